The van der Waals surface area contributed by atoms with Crippen molar-refractivity contribution in [3.8, 4) is 5.69 Å². The second-order valence-corrected chi connectivity index (χ2v) is 5.30. The molecule has 110 valence electrons. The lowest BCUT2D eigenvalue weighted by molar-refractivity contribution is -0.115. The van der Waals surface area contributed by atoms with E-state index in [1.807, 2.05) is 0 Å². The first-order chi connectivity index (χ1) is 10.2. The van der Waals surface area contributed by atoms with Crippen molar-refractivity contribution in [3.05, 3.63) is 47.1 Å². The van der Waals surface area contributed by atoms with Crippen LogP contribution in [0, 0.1) is 5.92 Å². The summed E-state index contributed by atoms with van der Waals surface area (Å²) in [4.78, 5) is 25.8. The molecule has 3 rings (SSSR count). The highest BCUT2D eigenvalue weighted by molar-refractivity contribution is 5.92. The number of imidazole rings is 1. The zero-order chi connectivity index (χ0) is 14.7. The van der Waals surface area contributed by atoms with Crippen molar-refractivity contribution in [1.29, 1.82) is 0 Å². The summed E-state index contributed by atoms with van der Waals surface area (Å²) in [7, 11) is 0. The summed E-state index contributed by atoms with van der Waals surface area (Å²) in [5.41, 5.74) is 1.29. The molecule has 1 heterocycles. The molecule has 2 aromatic rings. The molecule has 0 saturated heterocycles. The van der Waals surface area contributed by atoms with Crippen LogP contribution in [-0.2, 0) is 4.79 Å². The zero-order valence-electron chi connectivity index (χ0n) is 11.6. The quantitative estimate of drug-likeness (QED) is 0.744. The van der Waals surface area contributed by atoms with Gasteiger partial charge in [0, 0.05) is 18.1 Å². The minimum atomic E-state index is -0.184. The Labute approximate surface area is 122 Å². The molecule has 0 aliphatic heterocycles. The standard InChI is InChI=1S/C15H18N4O2/c20-14(10-16-9-11-1-2-11)18-12-3-5-13(6-4-12)19-8-7-17-15(19)21/h3-8,11,16H,1-2,9-10H2,(H,17,21)(H,18,20). The first-order valence-electron chi connectivity index (χ1n) is 7.09. The molecular weight excluding hydrogens is 268 g/mol. The minimum absolute atomic E-state index is 0.0535. The maximum atomic E-state index is 11.7. The van der Waals surface area contributed by atoms with Crippen molar-refractivity contribution >= 4 is 11.6 Å². The lowest BCUT2D eigenvalue weighted by Crippen LogP contribution is -2.29. The maximum absolute atomic E-state index is 11.7. The molecule has 3 N–H and O–H groups in total. The molecule has 0 unspecified atom stereocenters. The van der Waals surface area contributed by atoms with Crippen LogP contribution in [-0.4, -0.2) is 28.5 Å². The van der Waals surface area contributed by atoms with Gasteiger partial charge in [0.1, 0.15) is 0 Å². The Kier molecular flexibility index (Phi) is 3.87. The predicted molar refractivity (Wildman–Crippen MR) is 80.6 cm³/mol. The highest BCUT2D eigenvalue weighted by Crippen LogP contribution is 2.27. The molecule has 1 aliphatic rings. The second-order valence-electron chi connectivity index (χ2n) is 5.30. The SMILES string of the molecule is O=C(CNCC1CC1)Nc1ccc(-n2cc[nH]c2=O)cc1. The summed E-state index contributed by atoms with van der Waals surface area (Å²) < 4.78 is 1.50. The van der Waals surface area contributed by atoms with E-state index in [0.717, 1.165) is 23.8 Å². The minimum Gasteiger partial charge on any atom is -0.325 e. The third kappa shape index (κ3) is 3.61. The van der Waals surface area contributed by atoms with E-state index in [1.165, 1.54) is 17.4 Å². The Morgan fingerprint density at radius 3 is 2.67 bits per heavy atom. The van der Waals surface area contributed by atoms with Gasteiger partial charge in [0.05, 0.1) is 12.2 Å². The van der Waals surface area contributed by atoms with E-state index in [0.29, 0.717) is 6.54 Å². The number of aromatic nitrogens is 2. The van der Waals surface area contributed by atoms with Crippen LogP contribution in [0.5, 0.6) is 0 Å². The Bertz CT molecular complexity index is 667. The van der Waals surface area contributed by atoms with Gasteiger partial charge < -0.3 is 15.6 Å². The van der Waals surface area contributed by atoms with Gasteiger partial charge in [-0.2, -0.15) is 0 Å². The monoisotopic (exact) mass is 286 g/mol. The van der Waals surface area contributed by atoms with Crippen molar-refractivity contribution < 1.29 is 4.79 Å². The van der Waals surface area contributed by atoms with Gasteiger partial charge in [-0.15, -0.1) is 0 Å². The Morgan fingerprint density at radius 2 is 2.05 bits per heavy atom. The third-order valence-corrected chi connectivity index (χ3v) is 3.49. The maximum Gasteiger partial charge on any atom is 0.330 e. The smallest absolute Gasteiger partial charge is 0.325 e. The zero-order valence-corrected chi connectivity index (χ0v) is 11.6. The number of carbonyl (C=O) groups excluding carboxylic acids is 1. The average molecular weight is 286 g/mol. The van der Waals surface area contributed by atoms with Gasteiger partial charge in [0.15, 0.2) is 0 Å². The molecule has 6 nitrogen and oxygen atoms in total. The van der Waals surface area contributed by atoms with Gasteiger partial charge >= 0.3 is 5.69 Å². The fourth-order valence-corrected chi connectivity index (χ4v) is 2.15. The number of nitrogens with one attached hydrogen (secondary N) is 3. The fourth-order valence-electron chi connectivity index (χ4n) is 2.15. The molecule has 0 spiro atoms. The van der Waals surface area contributed by atoms with E-state index in [2.05, 4.69) is 15.6 Å². The van der Waals surface area contributed by atoms with Crippen molar-refractivity contribution in [2.75, 3.05) is 18.4 Å². The van der Waals surface area contributed by atoms with Crippen LogP contribution < -0.4 is 16.3 Å². The largest absolute Gasteiger partial charge is 0.330 e. The normalized spacial score (nSPS) is 14.1. The molecule has 1 aliphatic carbocycles. The van der Waals surface area contributed by atoms with Crippen molar-refractivity contribution in [3.63, 3.8) is 0 Å². The van der Waals surface area contributed by atoms with Crippen molar-refractivity contribution in [1.82, 2.24) is 14.9 Å². The Morgan fingerprint density at radius 1 is 1.29 bits per heavy atom. The van der Waals surface area contributed by atoms with Crippen molar-refractivity contribution in [2.24, 2.45) is 5.92 Å². The van der Waals surface area contributed by atoms with E-state index >= 15 is 0 Å². The number of rotatable bonds is 6. The molecule has 21 heavy (non-hydrogen) atoms. The number of carbonyl (C=O) groups is 1. The van der Waals surface area contributed by atoms with E-state index in [9.17, 15) is 9.59 Å². The molecular formula is C15H18N4O2. The molecule has 1 amide bonds. The summed E-state index contributed by atoms with van der Waals surface area (Å²) in [6, 6.07) is 7.16. The number of benzene rings is 1. The number of aromatic amines is 1. The van der Waals surface area contributed by atoms with E-state index in [1.54, 1.807) is 36.7 Å². The first-order valence-corrected chi connectivity index (χ1v) is 7.09. The van der Waals surface area contributed by atoms with Crippen LogP contribution in [0.25, 0.3) is 5.69 Å². The summed E-state index contributed by atoms with van der Waals surface area (Å²) >= 11 is 0. The number of hydrogen-bond acceptors (Lipinski definition) is 3. The molecule has 0 radical (unpaired) electrons. The molecule has 6 heteroatoms. The number of H-pyrrole nitrogens is 1. The van der Waals surface area contributed by atoms with Gasteiger partial charge in [-0.05, 0) is 49.6 Å². The van der Waals surface area contributed by atoms with E-state index < -0.39 is 0 Å². The highest BCUT2D eigenvalue weighted by Gasteiger charge is 2.20. The molecule has 1 aromatic carbocycles. The van der Waals surface area contributed by atoms with Crippen LogP contribution in [0.3, 0.4) is 0 Å². The van der Waals surface area contributed by atoms with Crippen LogP contribution in [0.4, 0.5) is 5.69 Å². The number of anilines is 1. The number of nitrogens with zero attached hydrogens (tertiary/aromatic N) is 1. The molecule has 1 fully saturated rings. The van der Waals surface area contributed by atoms with Crippen molar-refractivity contribution in [2.45, 2.75) is 12.8 Å². The number of amides is 1. The van der Waals surface area contributed by atoms with E-state index in [4.69, 9.17) is 0 Å². The lowest BCUT2D eigenvalue weighted by atomic mass is 10.2. The Hall–Kier alpha value is -2.34. The van der Waals surface area contributed by atoms with Crippen LogP contribution in [0.15, 0.2) is 41.5 Å². The molecule has 0 bridgehead atoms. The summed E-state index contributed by atoms with van der Waals surface area (Å²) in [6.45, 7) is 1.25. The van der Waals surface area contributed by atoms with Crippen LogP contribution >= 0.6 is 0 Å². The predicted octanol–water partition coefficient (Wildman–Crippen LogP) is 1.10. The summed E-state index contributed by atoms with van der Waals surface area (Å²) in [6.07, 6.45) is 5.80. The van der Waals surface area contributed by atoms with E-state index in [-0.39, 0.29) is 11.6 Å². The van der Waals surface area contributed by atoms with Crippen LogP contribution in [0.1, 0.15) is 12.8 Å². The number of hydrogen-bond donors (Lipinski definition) is 3. The summed E-state index contributed by atoms with van der Waals surface area (Å²) in [5.74, 6) is 0.707. The van der Waals surface area contributed by atoms with Gasteiger partial charge in [0.25, 0.3) is 0 Å². The van der Waals surface area contributed by atoms with Gasteiger partial charge in [-0.3, -0.25) is 9.36 Å². The van der Waals surface area contributed by atoms with Gasteiger partial charge in [-0.25, -0.2) is 4.79 Å². The Balaban J connectivity index is 1.55. The average Bonchev–Trinajstić information content (AvgIpc) is 3.20. The highest BCUT2D eigenvalue weighted by atomic mass is 16.2. The van der Waals surface area contributed by atoms with Gasteiger partial charge in [-0.1, -0.05) is 0 Å². The topological polar surface area (TPSA) is 78.9 Å². The lowest BCUT2D eigenvalue weighted by Gasteiger charge is -2.07. The molecule has 0 atom stereocenters. The van der Waals surface area contributed by atoms with Crippen LogP contribution in [0.2, 0.25) is 0 Å². The molecule has 1 saturated carbocycles. The second kappa shape index (κ2) is 5.97. The fraction of sp³-hybridized carbons (Fsp3) is 0.333. The summed E-state index contributed by atoms with van der Waals surface area (Å²) in [5, 5.41) is 5.97. The van der Waals surface area contributed by atoms with Gasteiger partial charge in [0.2, 0.25) is 5.91 Å². The third-order valence-electron chi connectivity index (χ3n) is 3.49. The molecule has 1 aromatic heterocycles. The first kappa shape index (κ1) is 13.6.